The van der Waals surface area contributed by atoms with Gasteiger partial charge in [-0.2, -0.15) is 0 Å². The second-order valence-electron chi connectivity index (χ2n) is 7.09. The maximum atomic E-state index is 13.3. The van der Waals surface area contributed by atoms with Gasteiger partial charge in [0.25, 0.3) is 10.0 Å². The maximum absolute atomic E-state index is 13.3. The number of hydrogen-bond acceptors (Lipinski definition) is 3. The van der Waals surface area contributed by atoms with Crippen molar-refractivity contribution in [3.05, 3.63) is 89.4 Å². The van der Waals surface area contributed by atoms with Gasteiger partial charge in [0.2, 0.25) is 5.91 Å². The Morgan fingerprint density at radius 1 is 0.933 bits per heavy atom. The van der Waals surface area contributed by atoms with Gasteiger partial charge in [-0.1, -0.05) is 61.8 Å². The van der Waals surface area contributed by atoms with Crippen LogP contribution < -0.4 is 9.62 Å². The van der Waals surface area contributed by atoms with Gasteiger partial charge in [0.1, 0.15) is 6.54 Å². The van der Waals surface area contributed by atoms with E-state index in [-0.39, 0.29) is 17.4 Å². The van der Waals surface area contributed by atoms with E-state index in [2.05, 4.69) is 5.32 Å². The number of benzene rings is 3. The molecular formula is C23H23ClN2O3S. The molecule has 0 unspecified atom stereocenters. The van der Waals surface area contributed by atoms with Crippen molar-refractivity contribution < 1.29 is 13.2 Å². The van der Waals surface area contributed by atoms with Crippen molar-refractivity contribution in [2.45, 2.75) is 24.7 Å². The molecule has 0 spiro atoms. The fraction of sp³-hybridized carbons (Fsp3) is 0.174. The average Bonchev–Trinajstić information content (AvgIpc) is 2.73. The molecule has 1 N–H and O–H groups in total. The number of carbonyl (C=O) groups is 1. The molecule has 0 saturated heterocycles. The van der Waals surface area contributed by atoms with Crippen LogP contribution in [-0.4, -0.2) is 20.9 Å². The standard InChI is InChI=1S/C23H23ClN2O3S/c1-17(2)21-10-6-7-11-22(21)25-23(27)16-26(19-14-12-18(24)13-15-19)30(28,29)20-8-4-3-5-9-20/h3-15,17H,16H2,1-2H3,(H,25,27). The number of nitrogens with zero attached hydrogens (tertiary/aromatic N) is 1. The van der Waals surface area contributed by atoms with E-state index in [9.17, 15) is 13.2 Å². The zero-order chi connectivity index (χ0) is 21.7. The summed E-state index contributed by atoms with van der Waals surface area (Å²) in [6, 6.07) is 21.9. The molecule has 156 valence electrons. The molecule has 1 amide bonds. The van der Waals surface area contributed by atoms with Gasteiger partial charge in [0.15, 0.2) is 0 Å². The summed E-state index contributed by atoms with van der Waals surface area (Å²) in [7, 11) is -3.95. The van der Waals surface area contributed by atoms with E-state index in [1.54, 1.807) is 42.5 Å². The zero-order valence-electron chi connectivity index (χ0n) is 16.7. The van der Waals surface area contributed by atoms with Gasteiger partial charge in [-0.05, 0) is 53.9 Å². The lowest BCUT2D eigenvalue weighted by Gasteiger charge is -2.24. The number of hydrogen-bond donors (Lipinski definition) is 1. The third-order valence-electron chi connectivity index (χ3n) is 4.59. The first kappa shape index (κ1) is 21.9. The molecule has 0 aliphatic rings. The molecule has 0 radical (unpaired) electrons. The molecular weight excluding hydrogens is 420 g/mol. The minimum absolute atomic E-state index is 0.107. The van der Waals surface area contributed by atoms with Crippen LogP contribution in [0.15, 0.2) is 83.8 Å². The molecule has 0 aromatic heterocycles. The van der Waals surface area contributed by atoms with Crippen molar-refractivity contribution >= 4 is 38.9 Å². The molecule has 0 fully saturated rings. The van der Waals surface area contributed by atoms with Crippen LogP contribution in [0.25, 0.3) is 0 Å². The van der Waals surface area contributed by atoms with E-state index in [1.807, 2.05) is 38.1 Å². The first-order valence-corrected chi connectivity index (χ1v) is 11.3. The van der Waals surface area contributed by atoms with Crippen molar-refractivity contribution in [3.8, 4) is 0 Å². The lowest BCUT2D eigenvalue weighted by atomic mass is 10.0. The summed E-state index contributed by atoms with van der Waals surface area (Å²) in [6.07, 6.45) is 0. The molecule has 0 saturated carbocycles. The lowest BCUT2D eigenvalue weighted by molar-refractivity contribution is -0.114. The summed E-state index contributed by atoms with van der Waals surface area (Å²) in [6.45, 7) is 3.70. The normalized spacial score (nSPS) is 11.3. The van der Waals surface area contributed by atoms with Gasteiger partial charge in [0, 0.05) is 10.7 Å². The fourth-order valence-electron chi connectivity index (χ4n) is 3.08. The second-order valence-corrected chi connectivity index (χ2v) is 9.39. The van der Waals surface area contributed by atoms with E-state index in [0.717, 1.165) is 9.87 Å². The molecule has 3 aromatic carbocycles. The van der Waals surface area contributed by atoms with Gasteiger partial charge >= 0.3 is 0 Å². The summed E-state index contributed by atoms with van der Waals surface area (Å²) < 4.78 is 27.7. The van der Waals surface area contributed by atoms with Crippen LogP contribution in [-0.2, 0) is 14.8 Å². The Bertz CT molecular complexity index is 1110. The molecule has 3 rings (SSSR count). The summed E-state index contributed by atoms with van der Waals surface area (Å²) in [4.78, 5) is 13.0. The van der Waals surface area contributed by atoms with Gasteiger partial charge in [-0.15, -0.1) is 0 Å². The SMILES string of the molecule is CC(C)c1ccccc1NC(=O)CN(c1ccc(Cl)cc1)S(=O)(=O)c1ccccc1. The van der Waals surface area contributed by atoms with Crippen molar-refractivity contribution in [2.75, 3.05) is 16.2 Å². The first-order valence-electron chi connectivity index (χ1n) is 9.51. The smallest absolute Gasteiger partial charge is 0.264 e. The fourth-order valence-corrected chi connectivity index (χ4v) is 4.64. The Balaban J connectivity index is 1.94. The van der Waals surface area contributed by atoms with Gasteiger partial charge in [-0.3, -0.25) is 9.10 Å². The number of para-hydroxylation sites is 1. The number of carbonyl (C=O) groups excluding carboxylic acids is 1. The molecule has 3 aromatic rings. The molecule has 0 bridgehead atoms. The number of nitrogens with one attached hydrogen (secondary N) is 1. The van der Waals surface area contributed by atoms with E-state index in [1.165, 1.54) is 12.1 Å². The first-order chi connectivity index (χ1) is 14.3. The summed E-state index contributed by atoms with van der Waals surface area (Å²) in [5, 5.41) is 3.33. The van der Waals surface area contributed by atoms with E-state index < -0.39 is 15.9 Å². The Labute approximate surface area is 182 Å². The highest BCUT2D eigenvalue weighted by Gasteiger charge is 2.27. The number of halogens is 1. The highest BCUT2D eigenvalue weighted by Crippen LogP contribution is 2.27. The number of rotatable bonds is 7. The highest BCUT2D eigenvalue weighted by molar-refractivity contribution is 7.92. The lowest BCUT2D eigenvalue weighted by Crippen LogP contribution is -2.38. The predicted molar refractivity (Wildman–Crippen MR) is 122 cm³/mol. The van der Waals surface area contributed by atoms with Crippen LogP contribution in [0.2, 0.25) is 5.02 Å². The molecule has 5 nitrogen and oxygen atoms in total. The van der Waals surface area contributed by atoms with Crippen LogP contribution in [0.3, 0.4) is 0 Å². The van der Waals surface area contributed by atoms with Gasteiger partial charge < -0.3 is 5.32 Å². The van der Waals surface area contributed by atoms with Crippen molar-refractivity contribution in [1.82, 2.24) is 0 Å². The van der Waals surface area contributed by atoms with E-state index in [0.29, 0.717) is 16.4 Å². The second kappa shape index (κ2) is 9.32. The Morgan fingerprint density at radius 2 is 1.53 bits per heavy atom. The van der Waals surface area contributed by atoms with Crippen LogP contribution in [0.1, 0.15) is 25.3 Å². The molecule has 7 heteroatoms. The third kappa shape index (κ3) is 5.01. The minimum Gasteiger partial charge on any atom is -0.324 e. The Hall–Kier alpha value is -2.83. The molecule has 0 aliphatic carbocycles. The summed E-state index contributed by atoms with van der Waals surface area (Å²) >= 11 is 5.96. The quantitative estimate of drug-likeness (QED) is 0.540. The molecule has 0 aliphatic heterocycles. The van der Waals surface area contributed by atoms with Crippen molar-refractivity contribution in [3.63, 3.8) is 0 Å². The predicted octanol–water partition coefficient (Wildman–Crippen LogP) is 5.30. The topological polar surface area (TPSA) is 66.5 Å². The van der Waals surface area contributed by atoms with Crippen LogP contribution in [0.5, 0.6) is 0 Å². The average molecular weight is 443 g/mol. The van der Waals surface area contributed by atoms with E-state index >= 15 is 0 Å². The van der Waals surface area contributed by atoms with E-state index in [4.69, 9.17) is 11.6 Å². The number of sulfonamides is 1. The minimum atomic E-state index is -3.95. The third-order valence-corrected chi connectivity index (χ3v) is 6.63. The zero-order valence-corrected chi connectivity index (χ0v) is 18.3. The van der Waals surface area contributed by atoms with Crippen molar-refractivity contribution in [1.29, 1.82) is 0 Å². The van der Waals surface area contributed by atoms with Crippen LogP contribution in [0, 0.1) is 0 Å². The van der Waals surface area contributed by atoms with Gasteiger partial charge in [0.05, 0.1) is 10.6 Å². The summed E-state index contributed by atoms with van der Waals surface area (Å²) in [5.41, 5.74) is 2.01. The maximum Gasteiger partial charge on any atom is 0.264 e. The highest BCUT2D eigenvalue weighted by atomic mass is 35.5. The Kier molecular flexibility index (Phi) is 6.80. The number of amides is 1. The molecule has 0 heterocycles. The molecule has 0 atom stereocenters. The monoisotopic (exact) mass is 442 g/mol. The summed E-state index contributed by atoms with van der Waals surface area (Å²) in [5.74, 6) is -0.223. The van der Waals surface area contributed by atoms with Gasteiger partial charge in [-0.25, -0.2) is 8.42 Å². The van der Waals surface area contributed by atoms with Crippen LogP contribution in [0.4, 0.5) is 11.4 Å². The Morgan fingerprint density at radius 3 is 2.17 bits per heavy atom. The van der Waals surface area contributed by atoms with Crippen LogP contribution >= 0.6 is 11.6 Å². The van der Waals surface area contributed by atoms with Crippen molar-refractivity contribution in [2.24, 2.45) is 0 Å². The molecule has 30 heavy (non-hydrogen) atoms. The number of anilines is 2. The largest absolute Gasteiger partial charge is 0.324 e.